The molecule has 5 fully saturated rings. The third-order valence-corrected chi connectivity index (χ3v) is 14.9. The zero-order valence-electron chi connectivity index (χ0n) is 30.5. The summed E-state index contributed by atoms with van der Waals surface area (Å²) in [6.07, 6.45) is 6.41. The van der Waals surface area contributed by atoms with Crippen LogP contribution < -0.4 is 34.0 Å². The summed E-state index contributed by atoms with van der Waals surface area (Å²) in [6.45, 7) is 4.39. The zero-order valence-corrected chi connectivity index (χ0v) is 35.3. The molecule has 10 atom stereocenters. The van der Waals surface area contributed by atoms with Gasteiger partial charge in [-0.3, -0.25) is 4.79 Å². The number of ether oxygens (including phenoxy) is 3. The average molecular weight is 885 g/mol. The number of epoxide rings is 1. The highest BCUT2D eigenvalue weighted by Crippen LogP contribution is 2.52. The van der Waals surface area contributed by atoms with E-state index in [1.54, 1.807) is 12.1 Å². The molecule has 9 nitrogen and oxygen atoms in total. The van der Waals surface area contributed by atoms with Crippen LogP contribution in [0.2, 0.25) is 0 Å². The number of likely N-dealkylation sites (N-methyl/N-ethyl adjacent to an activating group) is 1. The number of quaternary nitrogens is 2. The largest absolute Gasteiger partial charge is 1.00 e. The Bertz CT molecular complexity index is 1570. The van der Waals surface area contributed by atoms with Crippen LogP contribution >= 0.6 is 22.7 Å². The number of morpholine rings is 1. The number of benzene rings is 1. The van der Waals surface area contributed by atoms with Gasteiger partial charge in [0.15, 0.2) is 0 Å². The van der Waals surface area contributed by atoms with Gasteiger partial charge in [-0.25, -0.2) is 4.79 Å². The van der Waals surface area contributed by atoms with Gasteiger partial charge in [-0.1, -0.05) is 42.5 Å². The van der Waals surface area contributed by atoms with E-state index in [1.807, 2.05) is 53.2 Å². The predicted molar refractivity (Wildman–Crippen MR) is 193 cm³/mol. The van der Waals surface area contributed by atoms with E-state index in [0.29, 0.717) is 52.2 Å². The number of halogens is 2. The minimum absolute atomic E-state index is 0. The lowest BCUT2D eigenvalue weighted by molar-refractivity contribution is -0.968. The molecular weight excluding hydrogens is 832 g/mol. The highest BCUT2D eigenvalue weighted by atomic mass is 79.9. The van der Waals surface area contributed by atoms with Gasteiger partial charge in [-0.05, 0) is 42.3 Å². The number of carbonyl (C=O) groups excluding carboxylic acids is 2. The number of aliphatic hydroxyl groups excluding tert-OH is 1. The van der Waals surface area contributed by atoms with E-state index in [1.165, 1.54) is 35.5 Å². The van der Waals surface area contributed by atoms with Crippen LogP contribution in [0.25, 0.3) is 0 Å². The molecule has 0 saturated carbocycles. The highest BCUT2D eigenvalue weighted by molar-refractivity contribution is 7.12. The van der Waals surface area contributed by atoms with Crippen molar-refractivity contribution >= 4 is 34.6 Å². The van der Waals surface area contributed by atoms with Gasteiger partial charge in [-0.2, -0.15) is 0 Å². The number of aliphatic hydroxyl groups is 2. The summed E-state index contributed by atoms with van der Waals surface area (Å²) in [5.41, 5.74) is -0.894. The molecule has 286 valence electrons. The smallest absolute Gasteiger partial charge is 0.349 e. The minimum atomic E-state index is -1.72. The van der Waals surface area contributed by atoms with Crippen molar-refractivity contribution in [1.29, 1.82) is 0 Å². The second-order valence-electron chi connectivity index (χ2n) is 15.9. The first-order chi connectivity index (χ1) is 23.9. The van der Waals surface area contributed by atoms with Crippen molar-refractivity contribution in [3.05, 3.63) is 80.7 Å². The summed E-state index contributed by atoms with van der Waals surface area (Å²) in [4.78, 5) is 26.9. The summed E-state index contributed by atoms with van der Waals surface area (Å²) < 4.78 is 19.6. The second kappa shape index (κ2) is 16.2. The number of fused-ring (bicyclic) bond motifs is 7. The Labute approximate surface area is 336 Å². The fourth-order valence-corrected chi connectivity index (χ4v) is 11.4. The van der Waals surface area contributed by atoms with Crippen molar-refractivity contribution in [3.8, 4) is 0 Å². The van der Waals surface area contributed by atoms with E-state index in [0.717, 1.165) is 40.2 Å². The SMILES string of the molecule is CC(C)[N+]1(C)[C@@H]2CC[C@H]1C[C@@H](OC(=O)C(CO)c1ccccc1)C2.C[N+]1(C)[C@@H]2C[C@@H](OC(=O)C(O)(c3cccs3)c3cccs3)C[C@H]1[C@@H]1O[C@@H]12.[Br-].[Br-]. The number of esters is 2. The molecule has 2 aromatic heterocycles. The maximum atomic E-state index is 13.1. The van der Waals surface area contributed by atoms with Crippen LogP contribution in [0.1, 0.15) is 73.6 Å². The molecule has 5 aliphatic heterocycles. The van der Waals surface area contributed by atoms with Crippen molar-refractivity contribution < 1.29 is 76.9 Å². The number of nitrogens with zero attached hydrogens (tertiary/aromatic N) is 2. The summed E-state index contributed by atoms with van der Waals surface area (Å²) in [6, 6.07) is 19.2. The lowest BCUT2D eigenvalue weighted by Gasteiger charge is -2.49. The molecule has 0 radical (unpaired) electrons. The van der Waals surface area contributed by atoms with Crippen LogP contribution in [-0.2, 0) is 29.4 Å². The van der Waals surface area contributed by atoms with E-state index in [2.05, 4.69) is 35.0 Å². The number of carbonyl (C=O) groups is 2. The minimum Gasteiger partial charge on any atom is -1.00 e. The summed E-state index contributed by atoms with van der Waals surface area (Å²) in [7, 11) is 6.86. The standard InChI is InChI=1S/C20H30NO3.C19H22NO4S2.2BrH/c1-14(2)21(3)16-9-10-17(21)12-18(11-16)24-20(23)19(13-22)15-7-5-4-6-8-15;1-20(2)12-9-11(10-13(20)17-16(12)24-17)23-18(21)19(22,14-5-3-7-25-14)15-6-4-8-26-15;;/h4-8,14,16-19,22H,9-13H2,1-3H3;3-8,11-13,16-17,22H,9-10H2,1-2H3;2*1H/q2*+1;;/p-2/t16-,17+,18+,19?,21?;11-,12-,13+,16-,17+;;. The van der Waals surface area contributed by atoms with Crippen LogP contribution in [0.3, 0.4) is 0 Å². The molecule has 2 unspecified atom stereocenters. The van der Waals surface area contributed by atoms with Gasteiger partial charge in [-0.15, -0.1) is 22.7 Å². The third kappa shape index (κ3) is 7.35. The Hall–Kier alpha value is -1.68. The van der Waals surface area contributed by atoms with E-state index >= 15 is 0 Å². The Morgan fingerprint density at radius 3 is 1.81 bits per heavy atom. The molecular formula is C39H52Br2N2O7S2. The molecule has 0 aliphatic carbocycles. The molecule has 0 spiro atoms. The Morgan fingerprint density at radius 2 is 1.35 bits per heavy atom. The number of piperidine rings is 2. The average Bonchev–Trinajstić information content (AvgIpc) is 3.36. The van der Waals surface area contributed by atoms with Crippen LogP contribution in [0.15, 0.2) is 65.4 Å². The molecule has 1 aromatic carbocycles. The van der Waals surface area contributed by atoms with Gasteiger partial charge >= 0.3 is 11.9 Å². The maximum absolute atomic E-state index is 13.1. The molecule has 2 N–H and O–H groups in total. The van der Waals surface area contributed by atoms with Gasteiger partial charge in [0.25, 0.3) is 0 Å². The van der Waals surface area contributed by atoms with E-state index in [9.17, 15) is 19.8 Å². The van der Waals surface area contributed by atoms with Crippen molar-refractivity contribution in [3.63, 3.8) is 0 Å². The number of hydrogen-bond acceptors (Lipinski definition) is 9. The van der Waals surface area contributed by atoms with Crippen LogP contribution in [0, 0.1) is 0 Å². The van der Waals surface area contributed by atoms with Crippen molar-refractivity contribution in [2.75, 3.05) is 27.7 Å². The number of rotatable bonds is 9. The van der Waals surface area contributed by atoms with Crippen LogP contribution in [0.4, 0.5) is 0 Å². The topological polar surface area (TPSA) is 106 Å². The van der Waals surface area contributed by atoms with Gasteiger partial charge < -0.3 is 67.4 Å². The summed E-state index contributed by atoms with van der Waals surface area (Å²) >= 11 is 2.74. The molecule has 8 rings (SSSR count). The fourth-order valence-electron chi connectivity index (χ4n) is 9.65. The monoisotopic (exact) mass is 882 g/mol. The predicted octanol–water partition coefficient (Wildman–Crippen LogP) is -0.792. The van der Waals surface area contributed by atoms with Gasteiger partial charge in [0.05, 0.1) is 55.6 Å². The summed E-state index contributed by atoms with van der Waals surface area (Å²) in [5.74, 6) is -1.42. The first-order valence-corrected chi connectivity index (χ1v) is 19.9. The molecule has 7 heterocycles. The first-order valence-electron chi connectivity index (χ1n) is 18.1. The van der Waals surface area contributed by atoms with E-state index in [4.69, 9.17) is 14.2 Å². The van der Waals surface area contributed by atoms with Crippen molar-refractivity contribution in [2.45, 2.75) is 119 Å². The Kier molecular flexibility index (Phi) is 12.9. The molecule has 52 heavy (non-hydrogen) atoms. The van der Waals surface area contributed by atoms with Gasteiger partial charge in [0.1, 0.15) is 42.4 Å². The zero-order chi connectivity index (χ0) is 35.4. The van der Waals surface area contributed by atoms with Crippen LogP contribution in [0.5, 0.6) is 0 Å². The van der Waals surface area contributed by atoms with Gasteiger partial charge in [0, 0.05) is 38.5 Å². The maximum Gasteiger partial charge on any atom is 0.349 e. The normalized spacial score (nSPS) is 32.6. The number of hydrogen-bond donors (Lipinski definition) is 2. The number of thiophene rings is 2. The third-order valence-electron chi connectivity index (χ3n) is 12.9. The second-order valence-corrected chi connectivity index (χ2v) is 17.8. The summed E-state index contributed by atoms with van der Waals surface area (Å²) in [5, 5.41) is 24.7. The first kappa shape index (κ1) is 41.5. The molecule has 5 saturated heterocycles. The molecule has 4 bridgehead atoms. The quantitative estimate of drug-likeness (QED) is 0.165. The van der Waals surface area contributed by atoms with Gasteiger partial charge in [0.2, 0.25) is 5.60 Å². The molecule has 5 aliphatic rings. The van der Waals surface area contributed by atoms with Crippen molar-refractivity contribution in [1.82, 2.24) is 0 Å². The molecule has 3 aromatic rings. The van der Waals surface area contributed by atoms with Crippen molar-refractivity contribution in [2.24, 2.45) is 0 Å². The fraction of sp³-hybridized carbons (Fsp3) is 0.590. The lowest BCUT2D eigenvalue weighted by Crippen LogP contribution is -3.00. The Morgan fingerprint density at radius 1 is 0.827 bits per heavy atom. The Balaban J connectivity index is 0.000000194. The van der Waals surface area contributed by atoms with Crippen LogP contribution in [-0.4, -0.2) is 113 Å². The molecule has 13 heteroatoms. The molecule has 0 amide bonds. The lowest BCUT2D eigenvalue weighted by atomic mass is 9.94. The highest BCUT2D eigenvalue weighted by Gasteiger charge is 2.71. The van der Waals surface area contributed by atoms with E-state index in [-0.39, 0.29) is 58.7 Å². The van der Waals surface area contributed by atoms with E-state index < -0.39 is 17.5 Å².